The normalized spacial score (nSPS) is 10.4. The second kappa shape index (κ2) is 9.00. The molecule has 134 valence electrons. The van der Waals surface area contributed by atoms with Gasteiger partial charge in [-0.3, -0.25) is 4.79 Å². The summed E-state index contributed by atoms with van der Waals surface area (Å²) in [6.45, 7) is 1.14. The van der Waals surface area contributed by atoms with Crippen molar-refractivity contribution in [3.63, 3.8) is 0 Å². The molecule has 0 bridgehead atoms. The molecular weight excluding hydrogens is 329 g/mol. The zero-order valence-electron chi connectivity index (χ0n) is 13.8. The van der Waals surface area contributed by atoms with Crippen LogP contribution < -0.4 is 14.8 Å². The van der Waals surface area contributed by atoms with Gasteiger partial charge in [0.25, 0.3) is 5.91 Å². The zero-order chi connectivity index (χ0) is 18.2. The molecule has 25 heavy (non-hydrogen) atoms. The number of ether oxygens (including phenoxy) is 2. The van der Waals surface area contributed by atoms with Gasteiger partial charge in [0, 0.05) is 16.8 Å². The molecule has 0 radical (unpaired) electrons. The predicted molar refractivity (Wildman–Crippen MR) is 90.0 cm³/mol. The van der Waals surface area contributed by atoms with Gasteiger partial charge in [-0.2, -0.15) is 0 Å². The first-order valence-corrected chi connectivity index (χ1v) is 7.75. The molecule has 2 aromatic rings. The van der Waals surface area contributed by atoms with Crippen LogP contribution in [-0.2, 0) is 18.0 Å². The first-order valence-electron chi connectivity index (χ1n) is 7.75. The number of aliphatic hydroxyl groups excluding tert-OH is 2. The van der Waals surface area contributed by atoms with Gasteiger partial charge in [0.1, 0.15) is 17.3 Å². The van der Waals surface area contributed by atoms with E-state index in [9.17, 15) is 19.4 Å². The van der Waals surface area contributed by atoms with Crippen LogP contribution in [0.1, 0.15) is 18.1 Å². The Labute approximate surface area is 144 Å². The fourth-order valence-electron chi connectivity index (χ4n) is 2.27. The van der Waals surface area contributed by atoms with E-state index in [0.29, 0.717) is 18.0 Å². The van der Waals surface area contributed by atoms with E-state index in [0.717, 1.165) is 12.1 Å². The zero-order valence-corrected chi connectivity index (χ0v) is 13.8. The van der Waals surface area contributed by atoms with Crippen molar-refractivity contribution in [3.05, 3.63) is 53.3 Å². The topological polar surface area (TPSA) is 88.0 Å². The minimum Gasteiger partial charge on any atom is -0.494 e. The highest BCUT2D eigenvalue weighted by Crippen LogP contribution is 2.26. The highest BCUT2D eigenvalue weighted by atomic mass is 19.1. The lowest BCUT2D eigenvalue weighted by Crippen LogP contribution is -2.21. The lowest BCUT2D eigenvalue weighted by molar-refractivity contribution is -0.118. The number of rotatable bonds is 8. The Kier molecular flexibility index (Phi) is 6.73. The fourth-order valence-corrected chi connectivity index (χ4v) is 2.27. The molecule has 0 aromatic heterocycles. The van der Waals surface area contributed by atoms with Crippen LogP contribution in [0.25, 0.3) is 0 Å². The largest absolute Gasteiger partial charge is 0.494 e. The number of anilines is 1. The van der Waals surface area contributed by atoms with Gasteiger partial charge in [0.15, 0.2) is 6.61 Å². The smallest absolute Gasteiger partial charge is 0.262 e. The molecule has 0 saturated carbocycles. The molecule has 0 spiro atoms. The van der Waals surface area contributed by atoms with E-state index < -0.39 is 24.9 Å². The van der Waals surface area contributed by atoms with Crippen LogP contribution in [0.4, 0.5) is 10.1 Å². The average molecular weight is 349 g/mol. The Balaban J connectivity index is 2.00. The molecule has 0 atom stereocenters. The number of aliphatic hydroxyl groups is 2. The average Bonchev–Trinajstić information content (AvgIpc) is 2.61. The molecule has 0 aliphatic carbocycles. The first kappa shape index (κ1) is 18.7. The third-order valence-corrected chi connectivity index (χ3v) is 3.34. The van der Waals surface area contributed by atoms with Crippen molar-refractivity contribution in [1.29, 1.82) is 0 Å². The third kappa shape index (κ3) is 5.17. The Bertz CT molecular complexity index is 693. The minimum atomic E-state index is -0.598. The summed E-state index contributed by atoms with van der Waals surface area (Å²) in [5.41, 5.74) is 0.900. The van der Waals surface area contributed by atoms with Crippen LogP contribution in [0.15, 0.2) is 36.4 Å². The monoisotopic (exact) mass is 349 g/mol. The second-order valence-corrected chi connectivity index (χ2v) is 5.16. The maximum absolute atomic E-state index is 13.4. The summed E-state index contributed by atoms with van der Waals surface area (Å²) in [5, 5.41) is 21.2. The highest BCUT2D eigenvalue weighted by molar-refractivity contribution is 5.91. The number of nitrogens with one attached hydrogen (secondary N) is 1. The number of carbonyl (C=O) groups is 1. The summed E-state index contributed by atoms with van der Waals surface area (Å²) in [5.74, 6) is -0.225. The first-order chi connectivity index (χ1) is 12.1. The van der Waals surface area contributed by atoms with E-state index in [-0.39, 0.29) is 23.5 Å². The van der Waals surface area contributed by atoms with Crippen LogP contribution in [0.2, 0.25) is 0 Å². The Morgan fingerprint density at radius 1 is 1.08 bits per heavy atom. The standard InChI is InChI=1S/C18H20FNO5/c1-2-24-16-5-3-15(4-6-16)20-17(23)11-25-18-12(9-21)7-14(19)8-13(18)10-22/h3-8,21-22H,2,9-11H2,1H3,(H,20,23). The Hall–Kier alpha value is -2.64. The SMILES string of the molecule is CCOc1ccc(NC(=O)COc2c(CO)cc(F)cc2CO)cc1. The molecule has 0 fully saturated rings. The fraction of sp³-hybridized carbons (Fsp3) is 0.278. The molecule has 6 nitrogen and oxygen atoms in total. The van der Waals surface area contributed by atoms with Crippen molar-refractivity contribution in [2.75, 3.05) is 18.5 Å². The third-order valence-electron chi connectivity index (χ3n) is 3.34. The number of amides is 1. The molecule has 0 unspecified atom stereocenters. The van der Waals surface area contributed by atoms with E-state index in [1.807, 2.05) is 6.92 Å². The van der Waals surface area contributed by atoms with Crippen molar-refractivity contribution >= 4 is 11.6 Å². The quantitative estimate of drug-likeness (QED) is 0.680. The summed E-state index contributed by atoms with van der Waals surface area (Å²) in [4.78, 5) is 12.0. The summed E-state index contributed by atoms with van der Waals surface area (Å²) < 4.78 is 24.1. The molecule has 3 N–H and O–H groups in total. The van der Waals surface area contributed by atoms with Crippen LogP contribution in [0, 0.1) is 5.82 Å². The number of hydrogen-bond acceptors (Lipinski definition) is 5. The number of benzene rings is 2. The van der Waals surface area contributed by atoms with Crippen molar-refractivity contribution in [2.45, 2.75) is 20.1 Å². The maximum Gasteiger partial charge on any atom is 0.262 e. The van der Waals surface area contributed by atoms with Crippen LogP contribution in [0.5, 0.6) is 11.5 Å². The molecule has 0 aliphatic heterocycles. The van der Waals surface area contributed by atoms with Crippen LogP contribution in [0.3, 0.4) is 0 Å². The molecular formula is C18H20FNO5. The van der Waals surface area contributed by atoms with Crippen LogP contribution >= 0.6 is 0 Å². The molecule has 0 heterocycles. The van der Waals surface area contributed by atoms with E-state index >= 15 is 0 Å². The van der Waals surface area contributed by atoms with Crippen molar-refractivity contribution in [1.82, 2.24) is 0 Å². The number of halogens is 1. The summed E-state index contributed by atoms with van der Waals surface area (Å²) in [7, 11) is 0. The lowest BCUT2D eigenvalue weighted by atomic mass is 10.1. The van der Waals surface area contributed by atoms with Gasteiger partial charge >= 0.3 is 0 Å². The van der Waals surface area contributed by atoms with Gasteiger partial charge in [-0.1, -0.05) is 0 Å². The van der Waals surface area contributed by atoms with E-state index in [4.69, 9.17) is 9.47 Å². The highest BCUT2D eigenvalue weighted by Gasteiger charge is 2.13. The van der Waals surface area contributed by atoms with Crippen molar-refractivity contribution in [2.24, 2.45) is 0 Å². The molecule has 7 heteroatoms. The van der Waals surface area contributed by atoms with Gasteiger partial charge < -0.3 is 25.0 Å². The van der Waals surface area contributed by atoms with Gasteiger partial charge in [-0.05, 0) is 43.3 Å². The lowest BCUT2D eigenvalue weighted by Gasteiger charge is -2.14. The van der Waals surface area contributed by atoms with Crippen molar-refractivity contribution < 1.29 is 28.9 Å². The van der Waals surface area contributed by atoms with E-state index in [2.05, 4.69) is 5.32 Å². The minimum absolute atomic E-state index is 0.105. The predicted octanol–water partition coefficient (Wildman–Crippen LogP) is 2.23. The molecule has 1 amide bonds. The van der Waals surface area contributed by atoms with Gasteiger partial charge in [0.2, 0.25) is 0 Å². The molecule has 2 aromatic carbocycles. The second-order valence-electron chi connectivity index (χ2n) is 5.16. The van der Waals surface area contributed by atoms with Crippen molar-refractivity contribution in [3.8, 4) is 11.5 Å². The number of carbonyl (C=O) groups excluding carboxylic acids is 1. The van der Waals surface area contributed by atoms with Crippen LogP contribution in [-0.4, -0.2) is 29.3 Å². The van der Waals surface area contributed by atoms with Gasteiger partial charge in [0.05, 0.1) is 19.8 Å². The van der Waals surface area contributed by atoms with Gasteiger partial charge in [-0.25, -0.2) is 4.39 Å². The summed E-state index contributed by atoms with van der Waals surface area (Å²) in [6, 6.07) is 9.04. The summed E-state index contributed by atoms with van der Waals surface area (Å²) in [6.07, 6.45) is 0. The Morgan fingerprint density at radius 2 is 1.68 bits per heavy atom. The van der Waals surface area contributed by atoms with Gasteiger partial charge in [-0.15, -0.1) is 0 Å². The molecule has 2 rings (SSSR count). The Morgan fingerprint density at radius 3 is 2.20 bits per heavy atom. The number of hydrogen-bond donors (Lipinski definition) is 3. The molecule has 0 saturated heterocycles. The van der Waals surface area contributed by atoms with E-state index in [1.165, 1.54) is 0 Å². The van der Waals surface area contributed by atoms with E-state index in [1.54, 1.807) is 24.3 Å². The molecule has 0 aliphatic rings. The summed E-state index contributed by atoms with van der Waals surface area (Å²) >= 11 is 0. The maximum atomic E-state index is 13.4.